The van der Waals surface area contributed by atoms with Gasteiger partial charge >= 0.3 is 0 Å². The van der Waals surface area contributed by atoms with Crippen molar-refractivity contribution in [2.75, 3.05) is 0 Å². The number of nitrogens with one attached hydrogen (secondary N) is 2. The smallest absolute Gasteiger partial charge is 0.243 e. The molecule has 25 heavy (non-hydrogen) atoms. The summed E-state index contributed by atoms with van der Waals surface area (Å²) in [7, 11) is 0. The van der Waals surface area contributed by atoms with Crippen LogP contribution in [0.2, 0.25) is 0 Å². The van der Waals surface area contributed by atoms with Crippen LogP contribution in [0.25, 0.3) is 0 Å². The number of amides is 3. The number of primary amides is 1. The van der Waals surface area contributed by atoms with Crippen molar-refractivity contribution in [2.24, 2.45) is 5.73 Å². The Kier molecular flexibility index (Phi) is 7.78. The van der Waals surface area contributed by atoms with Crippen LogP contribution < -0.4 is 16.4 Å². The van der Waals surface area contributed by atoms with Gasteiger partial charge in [-0.3, -0.25) is 14.4 Å². The first-order valence-corrected chi connectivity index (χ1v) is 7.93. The molecular weight excluding hydrogens is 325 g/mol. The molecule has 0 aliphatic heterocycles. The van der Waals surface area contributed by atoms with E-state index in [9.17, 15) is 18.8 Å². The summed E-state index contributed by atoms with van der Waals surface area (Å²) in [6.45, 7) is 5.03. The quantitative estimate of drug-likeness (QED) is 0.615. The molecule has 4 N–H and O–H groups in total. The van der Waals surface area contributed by atoms with Crippen molar-refractivity contribution in [1.29, 1.82) is 0 Å². The number of carbonyl (C=O) groups excluding carboxylic acids is 3. The van der Waals surface area contributed by atoms with Crippen LogP contribution in [0.5, 0.6) is 0 Å². The highest BCUT2D eigenvalue weighted by Crippen LogP contribution is 2.07. The van der Waals surface area contributed by atoms with Crippen LogP contribution in [0.15, 0.2) is 35.9 Å². The van der Waals surface area contributed by atoms with Gasteiger partial charge in [-0.2, -0.15) is 0 Å². The first-order valence-electron chi connectivity index (χ1n) is 7.93. The molecule has 0 bridgehead atoms. The van der Waals surface area contributed by atoms with Gasteiger partial charge in [-0.25, -0.2) is 4.39 Å². The summed E-state index contributed by atoms with van der Waals surface area (Å²) in [4.78, 5) is 35.4. The molecule has 0 unspecified atom stereocenters. The van der Waals surface area contributed by atoms with Crippen LogP contribution in [0.4, 0.5) is 4.39 Å². The van der Waals surface area contributed by atoms with E-state index in [2.05, 4.69) is 10.6 Å². The van der Waals surface area contributed by atoms with Crippen molar-refractivity contribution < 1.29 is 18.8 Å². The molecule has 3 amide bonds. The minimum Gasteiger partial charge on any atom is -0.368 e. The molecule has 1 aromatic carbocycles. The predicted molar refractivity (Wildman–Crippen MR) is 92.9 cm³/mol. The average molecular weight is 349 g/mol. The van der Waals surface area contributed by atoms with Gasteiger partial charge in [0.25, 0.3) is 0 Å². The SMILES string of the molecule is CC(=O)N[C@H](Cc1ccc(F)cc1)C(=O)N[C@H](CC=C(C)C)C(N)=O. The largest absolute Gasteiger partial charge is 0.368 e. The van der Waals surface area contributed by atoms with Gasteiger partial charge in [-0.05, 0) is 38.0 Å². The fraction of sp³-hybridized carbons (Fsp3) is 0.389. The summed E-state index contributed by atoms with van der Waals surface area (Å²) in [6.07, 6.45) is 2.23. The Morgan fingerprint density at radius 2 is 1.68 bits per heavy atom. The van der Waals surface area contributed by atoms with E-state index in [-0.39, 0.29) is 24.6 Å². The monoisotopic (exact) mass is 349 g/mol. The van der Waals surface area contributed by atoms with Crippen LogP contribution in [0, 0.1) is 5.82 Å². The summed E-state index contributed by atoms with van der Waals surface area (Å²) < 4.78 is 13.0. The third kappa shape index (κ3) is 7.60. The van der Waals surface area contributed by atoms with E-state index in [1.54, 1.807) is 6.08 Å². The lowest BCUT2D eigenvalue weighted by Gasteiger charge is -2.21. The lowest BCUT2D eigenvalue weighted by atomic mass is 10.0. The third-order valence-electron chi connectivity index (χ3n) is 3.47. The Labute approximate surface area is 146 Å². The highest BCUT2D eigenvalue weighted by Gasteiger charge is 2.24. The molecule has 0 aliphatic carbocycles. The minimum absolute atomic E-state index is 0.166. The molecule has 0 heterocycles. The molecule has 0 radical (unpaired) electrons. The molecular formula is C18H24FN3O3. The number of hydrogen-bond acceptors (Lipinski definition) is 3. The van der Waals surface area contributed by atoms with E-state index >= 15 is 0 Å². The second kappa shape index (κ2) is 9.56. The standard InChI is InChI=1S/C18H24FN3O3/c1-11(2)4-9-15(17(20)24)22-18(25)16(21-12(3)23)10-13-5-7-14(19)8-6-13/h4-8,15-16H,9-10H2,1-3H3,(H2,20,24)(H,21,23)(H,22,25)/t15-,16-/m1/s1. The maximum Gasteiger partial charge on any atom is 0.243 e. The van der Waals surface area contributed by atoms with Crippen molar-refractivity contribution in [2.45, 2.75) is 45.7 Å². The van der Waals surface area contributed by atoms with Crippen molar-refractivity contribution >= 4 is 17.7 Å². The molecule has 1 rings (SSSR count). The molecule has 0 aliphatic rings. The van der Waals surface area contributed by atoms with E-state index < -0.39 is 23.9 Å². The lowest BCUT2D eigenvalue weighted by molar-refractivity contribution is -0.130. The molecule has 1 aromatic rings. The van der Waals surface area contributed by atoms with Crippen molar-refractivity contribution in [3.63, 3.8) is 0 Å². The maximum atomic E-state index is 13.0. The first kappa shape index (κ1) is 20.3. The Balaban J connectivity index is 2.87. The van der Waals surface area contributed by atoms with Gasteiger partial charge in [0.15, 0.2) is 0 Å². The van der Waals surface area contributed by atoms with E-state index in [1.807, 2.05) is 13.8 Å². The van der Waals surface area contributed by atoms with Crippen LogP contribution >= 0.6 is 0 Å². The number of allylic oxidation sites excluding steroid dienone is 1. The van der Waals surface area contributed by atoms with Gasteiger partial charge < -0.3 is 16.4 Å². The fourth-order valence-electron chi connectivity index (χ4n) is 2.18. The first-order chi connectivity index (χ1) is 11.7. The Bertz CT molecular complexity index is 652. The lowest BCUT2D eigenvalue weighted by Crippen LogP contribution is -2.53. The summed E-state index contributed by atoms with van der Waals surface area (Å²) in [5.41, 5.74) is 7.00. The Hall–Kier alpha value is -2.70. The van der Waals surface area contributed by atoms with Crippen molar-refractivity contribution in [3.8, 4) is 0 Å². The maximum absolute atomic E-state index is 13.0. The summed E-state index contributed by atoms with van der Waals surface area (Å²) in [5, 5.41) is 5.10. The molecule has 0 fully saturated rings. The van der Waals surface area contributed by atoms with Crippen molar-refractivity contribution in [3.05, 3.63) is 47.3 Å². The van der Waals surface area contributed by atoms with Gasteiger partial charge in [0.1, 0.15) is 17.9 Å². The topological polar surface area (TPSA) is 101 Å². The number of halogens is 1. The normalized spacial score (nSPS) is 12.6. The van der Waals surface area contributed by atoms with Crippen LogP contribution in [0.3, 0.4) is 0 Å². The highest BCUT2D eigenvalue weighted by molar-refractivity contribution is 5.91. The van der Waals surface area contributed by atoms with Gasteiger partial charge in [0.05, 0.1) is 0 Å². The van der Waals surface area contributed by atoms with Crippen molar-refractivity contribution in [1.82, 2.24) is 10.6 Å². The molecule has 0 spiro atoms. The zero-order valence-electron chi connectivity index (χ0n) is 14.6. The average Bonchev–Trinajstić information content (AvgIpc) is 2.51. The molecule has 136 valence electrons. The minimum atomic E-state index is -0.892. The number of carbonyl (C=O) groups is 3. The Morgan fingerprint density at radius 3 is 2.16 bits per heavy atom. The van der Waals surface area contributed by atoms with Gasteiger partial charge in [-0.1, -0.05) is 23.8 Å². The number of benzene rings is 1. The zero-order valence-corrected chi connectivity index (χ0v) is 14.6. The number of hydrogen-bond donors (Lipinski definition) is 3. The number of nitrogens with two attached hydrogens (primary N) is 1. The molecule has 0 saturated carbocycles. The van der Waals surface area contributed by atoms with E-state index in [1.165, 1.54) is 31.2 Å². The second-order valence-electron chi connectivity index (χ2n) is 6.06. The third-order valence-corrected chi connectivity index (χ3v) is 3.47. The summed E-state index contributed by atoms with van der Waals surface area (Å²) in [6, 6.07) is 3.86. The summed E-state index contributed by atoms with van der Waals surface area (Å²) in [5.74, 6) is -1.96. The van der Waals surface area contributed by atoms with Crippen LogP contribution in [0.1, 0.15) is 32.8 Å². The molecule has 0 saturated heterocycles. The molecule has 0 aromatic heterocycles. The zero-order chi connectivity index (χ0) is 19.0. The van der Waals surface area contributed by atoms with E-state index in [0.29, 0.717) is 5.56 Å². The molecule has 7 heteroatoms. The van der Waals surface area contributed by atoms with Crippen LogP contribution in [-0.2, 0) is 20.8 Å². The second-order valence-corrected chi connectivity index (χ2v) is 6.06. The van der Waals surface area contributed by atoms with E-state index in [0.717, 1.165) is 5.57 Å². The number of rotatable bonds is 8. The van der Waals surface area contributed by atoms with Gasteiger partial charge in [-0.15, -0.1) is 0 Å². The predicted octanol–water partition coefficient (Wildman–Crippen LogP) is 1.20. The van der Waals surface area contributed by atoms with Gasteiger partial charge in [0.2, 0.25) is 17.7 Å². The Morgan fingerprint density at radius 1 is 1.08 bits per heavy atom. The highest BCUT2D eigenvalue weighted by atomic mass is 19.1. The van der Waals surface area contributed by atoms with Crippen LogP contribution in [-0.4, -0.2) is 29.8 Å². The summed E-state index contributed by atoms with van der Waals surface area (Å²) >= 11 is 0. The molecule has 6 nitrogen and oxygen atoms in total. The van der Waals surface area contributed by atoms with Gasteiger partial charge in [0, 0.05) is 13.3 Å². The fourth-order valence-corrected chi connectivity index (χ4v) is 2.18. The molecule has 2 atom stereocenters. The van der Waals surface area contributed by atoms with E-state index in [4.69, 9.17) is 5.73 Å².